The van der Waals surface area contributed by atoms with Crippen molar-refractivity contribution in [1.29, 1.82) is 0 Å². The van der Waals surface area contributed by atoms with Crippen LogP contribution in [0, 0.1) is 34.5 Å². The summed E-state index contributed by atoms with van der Waals surface area (Å²) in [5.41, 5.74) is 16.2. The van der Waals surface area contributed by atoms with E-state index in [2.05, 4.69) is 67.2 Å². The van der Waals surface area contributed by atoms with E-state index in [-0.39, 0.29) is 48.1 Å². The molecule has 0 radical (unpaired) electrons. The normalized spacial score (nSPS) is 23.6. The van der Waals surface area contributed by atoms with Gasteiger partial charge in [0.25, 0.3) is 0 Å². The van der Waals surface area contributed by atoms with Gasteiger partial charge in [0.15, 0.2) is 0 Å². The second-order valence-electron chi connectivity index (χ2n) is 42.4. The number of carbonyl (C=O) groups is 6. The highest BCUT2D eigenvalue weighted by Gasteiger charge is 2.47. The summed E-state index contributed by atoms with van der Waals surface area (Å²) in [6.45, 7) is 28.8. The van der Waals surface area contributed by atoms with E-state index in [0.29, 0.717) is 59.4 Å². The molecule has 22 heteroatoms. The van der Waals surface area contributed by atoms with E-state index in [1.165, 1.54) is 187 Å². The first-order chi connectivity index (χ1) is 57.6. The van der Waals surface area contributed by atoms with E-state index in [1.54, 1.807) is 56.9 Å². The molecular formula is C99H144N12O10. The molecule has 8 aliphatic carbocycles. The zero-order valence-corrected chi connectivity index (χ0v) is 75.8. The largest absolute Gasteiger partial charge is 0.481 e. The van der Waals surface area contributed by atoms with Crippen LogP contribution in [0.25, 0.3) is 22.5 Å². The van der Waals surface area contributed by atoms with Crippen LogP contribution in [0.2, 0.25) is 0 Å². The Kier molecular flexibility index (Phi) is 27.4. The van der Waals surface area contributed by atoms with Crippen molar-refractivity contribution in [2.45, 2.75) is 392 Å². The lowest BCUT2D eigenvalue weighted by atomic mass is 9.75. The second-order valence-corrected chi connectivity index (χ2v) is 42.4. The summed E-state index contributed by atoms with van der Waals surface area (Å²) in [4.78, 5) is 114. The van der Waals surface area contributed by atoms with Gasteiger partial charge < -0.3 is 59.7 Å². The van der Waals surface area contributed by atoms with Gasteiger partial charge in [0, 0.05) is 71.7 Å². The van der Waals surface area contributed by atoms with Gasteiger partial charge in [0.1, 0.15) is 52.2 Å². The first-order valence-corrected chi connectivity index (χ1v) is 47.1. The monoisotopic (exact) mass is 1660 g/mol. The number of fused-ring (bicyclic) bond motifs is 2. The Balaban J connectivity index is 0.000000184. The van der Waals surface area contributed by atoms with Gasteiger partial charge in [-0.05, 0) is 290 Å². The van der Waals surface area contributed by atoms with Crippen molar-refractivity contribution in [2.75, 3.05) is 13.1 Å². The third-order valence-electron chi connectivity index (χ3n) is 29.0. The van der Waals surface area contributed by atoms with E-state index in [0.717, 1.165) is 87.2 Å². The van der Waals surface area contributed by atoms with Crippen molar-refractivity contribution in [3.8, 4) is 22.5 Å². The number of aromatic nitrogens is 8. The molecule has 5 atom stereocenters. The number of hydrogen-bond acceptors (Lipinski definition) is 13. The van der Waals surface area contributed by atoms with E-state index >= 15 is 0 Å². The van der Waals surface area contributed by atoms with Gasteiger partial charge in [-0.2, -0.15) is 0 Å². The first-order valence-electron chi connectivity index (χ1n) is 47.1. The number of nitrogens with zero attached hydrogens (tertiary/aromatic N) is 6. The Morgan fingerprint density at radius 2 is 0.777 bits per heavy atom. The van der Waals surface area contributed by atoms with Gasteiger partial charge in [-0.1, -0.05) is 117 Å². The highest BCUT2D eigenvalue weighted by Crippen LogP contribution is 2.57. The van der Waals surface area contributed by atoms with Crippen molar-refractivity contribution < 1.29 is 48.1 Å². The molecule has 6 aromatic rings. The molecule has 0 unspecified atom stereocenters. The number of carbonyl (C=O) groups excluding carboxylic acids is 5. The van der Waals surface area contributed by atoms with Gasteiger partial charge >= 0.3 is 24.1 Å². The number of aromatic amines is 4. The van der Waals surface area contributed by atoms with Gasteiger partial charge in [0.2, 0.25) is 11.8 Å². The molecule has 7 N–H and O–H groups in total. The molecule has 10 aliphatic rings. The Hall–Kier alpha value is -8.30. The Labute approximate surface area is 719 Å². The van der Waals surface area contributed by atoms with E-state index in [4.69, 9.17) is 39.3 Å². The number of carboxylic acids is 1. The van der Waals surface area contributed by atoms with E-state index in [1.807, 2.05) is 91.4 Å². The molecule has 2 aromatic carbocycles. The van der Waals surface area contributed by atoms with Crippen LogP contribution in [0.3, 0.4) is 0 Å². The molecule has 6 saturated carbocycles. The second kappa shape index (κ2) is 37.2. The third-order valence-corrected chi connectivity index (χ3v) is 29.0. The zero-order chi connectivity index (χ0) is 86.0. The molecule has 121 heavy (non-hydrogen) atoms. The van der Waals surface area contributed by atoms with Crippen LogP contribution in [0.5, 0.6) is 0 Å². The van der Waals surface area contributed by atoms with Crippen molar-refractivity contribution in [3.63, 3.8) is 0 Å². The molecule has 2 saturated heterocycles. The molecule has 2 spiro atoms. The Morgan fingerprint density at radius 1 is 0.421 bits per heavy atom. The lowest BCUT2D eigenvalue weighted by Crippen LogP contribution is -2.52. The number of H-pyrrole nitrogens is 4. The fraction of sp³-hybridized carbons (Fsp3) is 0.697. The number of benzene rings is 2. The number of ether oxygens (including phenoxy) is 3. The number of rotatable bonds is 20. The van der Waals surface area contributed by atoms with Crippen LogP contribution < -0.4 is 10.6 Å². The van der Waals surface area contributed by atoms with Crippen LogP contribution in [0.4, 0.5) is 9.59 Å². The first kappa shape index (κ1) is 89.0. The maximum atomic E-state index is 14.1. The van der Waals surface area contributed by atoms with E-state index < -0.39 is 58.9 Å². The number of alkyl carbamates (subject to hydrolysis) is 2. The third kappa shape index (κ3) is 21.1. The Morgan fingerprint density at radius 3 is 1.17 bits per heavy atom. The molecular weight excluding hydrogens is 1520 g/mol. The van der Waals surface area contributed by atoms with Crippen LogP contribution >= 0.6 is 0 Å². The fourth-order valence-corrected chi connectivity index (χ4v) is 22.8. The number of imidazole rings is 4. The minimum atomic E-state index is -0.948. The van der Waals surface area contributed by atoms with Gasteiger partial charge in [-0.25, -0.2) is 29.5 Å². The summed E-state index contributed by atoms with van der Waals surface area (Å²) in [5, 5.41) is 14.6. The maximum absolute atomic E-state index is 14.1. The number of likely N-dealkylation sites (tertiary alicyclic amines) is 2. The Bertz CT molecular complexity index is 4570. The molecule has 16 rings (SSSR count). The summed E-state index contributed by atoms with van der Waals surface area (Å²) < 4.78 is 16.1. The quantitative estimate of drug-likeness (QED) is 0.0276. The molecule has 22 nitrogen and oxygen atoms in total. The SMILES string of the molecule is CC(C)[C@H](CC(=O)OC(C)(C)C)C(=O)O.CC(C)[C@H](NC(=O)OC(C)(C)C)C(=O)N1CCC[C@H]1c1ncc(-c2ccc(C3CCC(c4cnc([C@@H]5CCCN5C(=O)[C@@H](NC(=O)OC(C)(C)C)C(C)C)[nH]4)CC3)c3c2CC2(CCCC2)C3)[nH]1.c1nc(C2CCCC2)[nH]c1-c1ccc(C2CCC(c3cnc(C4CCCC4)[nH]3)CC2)c2c1CC1(CCCC1)C2. The predicted molar refractivity (Wildman–Crippen MR) is 472 cm³/mol. The van der Waals surface area contributed by atoms with E-state index in [9.17, 15) is 28.8 Å². The number of esters is 1. The van der Waals surface area contributed by atoms with Crippen molar-refractivity contribution in [1.82, 2.24) is 60.3 Å². The van der Waals surface area contributed by atoms with Crippen LogP contribution in [0.1, 0.15) is 406 Å². The van der Waals surface area contributed by atoms with Crippen molar-refractivity contribution >= 4 is 35.9 Å². The molecule has 4 amide bonds. The smallest absolute Gasteiger partial charge is 0.408 e. The summed E-state index contributed by atoms with van der Waals surface area (Å²) in [5.74, 6) is 5.17. The number of aliphatic carboxylic acids is 1. The molecule has 4 aromatic heterocycles. The summed E-state index contributed by atoms with van der Waals surface area (Å²) in [7, 11) is 0. The number of nitrogens with one attached hydrogen (secondary N) is 6. The van der Waals surface area contributed by atoms with Crippen LogP contribution in [0.15, 0.2) is 49.1 Å². The van der Waals surface area contributed by atoms with Crippen LogP contribution in [-0.2, 0) is 59.1 Å². The summed E-state index contributed by atoms with van der Waals surface area (Å²) >= 11 is 0. The van der Waals surface area contributed by atoms with Crippen LogP contribution in [-0.4, -0.2) is 133 Å². The molecule has 0 bridgehead atoms. The molecule has 6 heterocycles. The highest BCUT2D eigenvalue weighted by atomic mass is 16.6. The minimum absolute atomic E-state index is 0.0652. The highest BCUT2D eigenvalue weighted by molar-refractivity contribution is 5.87. The number of carboxylic acid groups (broad SMARTS) is 1. The topological polar surface area (TPSA) is 296 Å². The van der Waals surface area contributed by atoms with Crippen molar-refractivity contribution in [2.24, 2.45) is 34.5 Å². The van der Waals surface area contributed by atoms with Gasteiger partial charge in [-0.3, -0.25) is 19.2 Å². The lowest BCUT2D eigenvalue weighted by Gasteiger charge is -2.31. The average molecular weight is 1660 g/mol. The molecule has 660 valence electrons. The van der Waals surface area contributed by atoms with Gasteiger partial charge in [0.05, 0.1) is 48.2 Å². The maximum Gasteiger partial charge on any atom is 0.408 e. The fourth-order valence-electron chi connectivity index (χ4n) is 22.8. The van der Waals surface area contributed by atoms with Gasteiger partial charge in [-0.15, -0.1) is 0 Å². The molecule has 8 fully saturated rings. The average Bonchev–Trinajstić information content (AvgIpc) is 1.59. The summed E-state index contributed by atoms with van der Waals surface area (Å²) in [6, 6.07) is 8.04. The summed E-state index contributed by atoms with van der Waals surface area (Å²) in [6.07, 6.45) is 46.5. The lowest BCUT2D eigenvalue weighted by molar-refractivity contribution is -0.160. The minimum Gasteiger partial charge on any atom is -0.481 e. The standard InChI is InChI=1S/C53H78N8O6.C35H46N4.C11H20O4/c1-31(2)43(58-49(64)66-51(5,6)7)47(62)60-25-13-15-41(60)45-54-29-39(56-45)34-19-17-33(18-20-34)35-21-22-36(38-28-53(27-37(35)38)23-11-12-24-53)40-30-55-46(57-40)42-16-14-26-61(42)48(63)44(32(3)4)59-50(65)67-52(8,9)10;1-2-8-25(7-1)33-36-21-31(38-33)24-13-11-23(12-14-24)27-15-16-28(30-20-35(19-29(27)30)17-5-6-18-35)32-22-37-34(39-32)26-9-3-4-10-26;1-7(2)8(10(13)14)6-9(12)15-11(3,4)5/h21-22,29-34,41-44H,11-20,23-28H2,1-10H3,(H,54,56)(H,55,57)(H,58,64)(H,59,65);15-16,21-26H,1-14,17-20H2,(H,36,38)(H,37,39);7-8H,6H2,1-5H3,(H,13,14)/t33?,34?,41-,42-,43-,44-;;8-/m0.0/s1. The predicted octanol–water partition coefficient (Wildman–Crippen LogP) is 21.6. The number of amides is 4. The number of hydrogen-bond donors (Lipinski definition) is 7. The molecule has 2 aliphatic heterocycles. The zero-order valence-electron chi connectivity index (χ0n) is 75.8. The van der Waals surface area contributed by atoms with Crippen molar-refractivity contribution in [3.05, 3.63) is 117 Å².